The van der Waals surface area contributed by atoms with Gasteiger partial charge >= 0.3 is 0 Å². The summed E-state index contributed by atoms with van der Waals surface area (Å²) in [5.41, 5.74) is 10.9. The summed E-state index contributed by atoms with van der Waals surface area (Å²) in [6.07, 6.45) is 0. The summed E-state index contributed by atoms with van der Waals surface area (Å²) in [6.45, 7) is 1.44. The van der Waals surface area contributed by atoms with E-state index in [1.807, 2.05) is 6.92 Å². The number of aliphatic hydroxyl groups is 3. The summed E-state index contributed by atoms with van der Waals surface area (Å²) in [5.74, 6) is 0. The molecule has 0 aliphatic rings. The molecule has 0 heterocycles. The number of sulfonamides is 3. The highest BCUT2D eigenvalue weighted by Gasteiger charge is 2.14. The highest BCUT2D eigenvalue weighted by Crippen LogP contribution is 2.13. The molecule has 254 valence electrons. The zero-order chi connectivity index (χ0) is 34.6. The number of alkyl halides is 1. The summed E-state index contributed by atoms with van der Waals surface area (Å²) < 4.78 is 76.1. The Bertz CT molecular complexity index is 1700. The van der Waals surface area contributed by atoms with Gasteiger partial charge in [0.05, 0.1) is 41.1 Å². The quantitative estimate of drug-likeness (QED) is 0.0572. The van der Waals surface area contributed by atoms with Crippen LogP contribution in [0.2, 0.25) is 0 Å². The van der Waals surface area contributed by atoms with Gasteiger partial charge in [0.2, 0.25) is 30.1 Å². The molecule has 0 amide bonds. The lowest BCUT2D eigenvalue weighted by Gasteiger charge is -2.05. The smallest absolute Gasteiger partial charge is 0.240 e. The highest BCUT2D eigenvalue weighted by molar-refractivity contribution is 9.08. The van der Waals surface area contributed by atoms with Crippen LogP contribution in [0.25, 0.3) is 10.4 Å². The van der Waals surface area contributed by atoms with Crippen LogP contribution in [0.1, 0.15) is 16.7 Å². The minimum Gasteiger partial charge on any atom is -0.395 e. The first-order valence-electron chi connectivity index (χ1n) is 13.4. The standard InChI is InChI=1S/C9H12BrNO3S.C9H12N4O3S.C9H13NO3S/c10-7-8-1-3-9(4-2-8)15(13,14)11-5-6-12;10-13-11-7-8-1-3-9(4-2-8)17(15,16)12-5-6-14;1-8-2-4-9(5-3-8)14(12,13)10-6-7-11/h1-4,11-12H,5-7H2;1-4,12,14H,5-7H2;2-5,10-11H,6-7H2,1H3. The van der Waals surface area contributed by atoms with Crippen LogP contribution in [0.15, 0.2) is 92.6 Å². The van der Waals surface area contributed by atoms with Crippen LogP contribution >= 0.6 is 15.9 Å². The number of hydrogen-bond donors (Lipinski definition) is 6. The van der Waals surface area contributed by atoms with Crippen molar-refractivity contribution in [1.82, 2.24) is 14.2 Å². The van der Waals surface area contributed by atoms with Crippen LogP contribution in [0, 0.1) is 6.92 Å². The van der Waals surface area contributed by atoms with Gasteiger partial charge in [0, 0.05) is 29.9 Å². The van der Waals surface area contributed by atoms with E-state index in [1.165, 1.54) is 36.4 Å². The predicted molar refractivity (Wildman–Crippen MR) is 176 cm³/mol. The van der Waals surface area contributed by atoms with E-state index in [9.17, 15) is 25.3 Å². The fourth-order valence-corrected chi connectivity index (χ4v) is 6.59. The predicted octanol–water partition coefficient (Wildman–Crippen LogP) is 1.89. The van der Waals surface area contributed by atoms with E-state index in [0.717, 1.165) is 16.7 Å². The number of nitrogens with one attached hydrogen (secondary N) is 3. The number of azide groups is 1. The average Bonchev–Trinajstić information content (AvgIpc) is 3.05. The van der Waals surface area contributed by atoms with Gasteiger partial charge in [-0.25, -0.2) is 39.4 Å². The van der Waals surface area contributed by atoms with Crippen LogP contribution < -0.4 is 14.2 Å². The van der Waals surface area contributed by atoms with Crippen molar-refractivity contribution in [2.45, 2.75) is 33.5 Å². The summed E-state index contributed by atoms with van der Waals surface area (Å²) in [4.78, 5) is 3.14. The Morgan fingerprint density at radius 2 is 0.957 bits per heavy atom. The maximum absolute atomic E-state index is 11.6. The normalized spacial score (nSPS) is 11.3. The fraction of sp³-hybridized carbons (Fsp3) is 0.333. The number of aliphatic hydroxyl groups excluding tert-OH is 3. The molecule has 0 spiro atoms. The summed E-state index contributed by atoms with van der Waals surface area (Å²) in [5, 5.41) is 29.6. The zero-order valence-corrected chi connectivity index (χ0v) is 28.9. The molecule has 0 aliphatic carbocycles. The van der Waals surface area contributed by atoms with Crippen molar-refractivity contribution in [1.29, 1.82) is 0 Å². The second-order valence-electron chi connectivity index (χ2n) is 8.99. The topological polar surface area (TPSA) is 248 Å². The number of rotatable bonds is 15. The molecule has 0 fully saturated rings. The molecule has 0 saturated carbocycles. The molecule has 15 nitrogen and oxygen atoms in total. The second kappa shape index (κ2) is 21.0. The van der Waals surface area contributed by atoms with Gasteiger partial charge in [-0.15, -0.1) is 0 Å². The first kappa shape index (κ1) is 41.1. The fourth-order valence-electron chi connectivity index (χ4n) is 3.15. The van der Waals surface area contributed by atoms with Crippen molar-refractivity contribution >= 4 is 46.0 Å². The van der Waals surface area contributed by atoms with Crippen molar-refractivity contribution in [3.05, 3.63) is 99.9 Å². The molecule has 46 heavy (non-hydrogen) atoms. The number of benzene rings is 3. The molecule has 3 aromatic carbocycles. The molecular weight excluding hydrogens is 728 g/mol. The Morgan fingerprint density at radius 1 is 0.630 bits per heavy atom. The Kier molecular flexibility index (Phi) is 18.8. The summed E-state index contributed by atoms with van der Waals surface area (Å²) in [7, 11) is -10.5. The molecule has 0 atom stereocenters. The van der Waals surface area contributed by atoms with Crippen LogP contribution in [0.4, 0.5) is 0 Å². The molecule has 6 N–H and O–H groups in total. The number of nitrogens with zero attached hydrogens (tertiary/aromatic N) is 3. The van der Waals surface area contributed by atoms with Crippen LogP contribution in [-0.2, 0) is 41.9 Å². The molecular formula is C27H37BrN6O9S3. The Labute approximate surface area is 277 Å². The Hall–Kier alpha value is -2.94. The van der Waals surface area contributed by atoms with E-state index in [2.05, 4.69) is 40.1 Å². The average molecular weight is 766 g/mol. The van der Waals surface area contributed by atoms with Gasteiger partial charge in [-0.05, 0) is 60.0 Å². The van der Waals surface area contributed by atoms with Crippen molar-refractivity contribution in [3.63, 3.8) is 0 Å². The molecule has 0 unspecified atom stereocenters. The molecule has 0 aromatic heterocycles. The van der Waals surface area contributed by atoms with E-state index in [4.69, 9.17) is 20.9 Å². The molecule has 3 rings (SSSR count). The van der Waals surface area contributed by atoms with Gasteiger partial charge in [-0.1, -0.05) is 63.0 Å². The van der Waals surface area contributed by atoms with Crippen LogP contribution in [0.5, 0.6) is 0 Å². The summed E-state index contributed by atoms with van der Waals surface area (Å²) in [6, 6.07) is 19.1. The molecule has 0 saturated heterocycles. The minimum absolute atomic E-state index is 0.0250. The SMILES string of the molecule is Cc1ccc(S(=O)(=O)NCCO)cc1.O=S(=O)(NCCO)c1ccc(CBr)cc1.[N-]=[N+]=NCc1ccc(S(=O)(=O)NCCO)cc1. The van der Waals surface area contributed by atoms with Gasteiger partial charge in [0.1, 0.15) is 0 Å². The van der Waals surface area contributed by atoms with Crippen LogP contribution in [-0.4, -0.2) is 80.0 Å². The van der Waals surface area contributed by atoms with Crippen molar-refractivity contribution in [2.75, 3.05) is 39.5 Å². The van der Waals surface area contributed by atoms with Gasteiger partial charge in [-0.3, -0.25) is 0 Å². The lowest BCUT2D eigenvalue weighted by molar-refractivity contribution is 0.300. The van der Waals surface area contributed by atoms with Crippen molar-refractivity contribution in [3.8, 4) is 0 Å². The molecule has 3 aromatic rings. The van der Waals surface area contributed by atoms with E-state index >= 15 is 0 Å². The Balaban J connectivity index is 0.000000347. The monoisotopic (exact) mass is 764 g/mol. The van der Waals surface area contributed by atoms with Crippen molar-refractivity contribution in [2.24, 2.45) is 5.11 Å². The highest BCUT2D eigenvalue weighted by atomic mass is 79.9. The van der Waals surface area contributed by atoms with Crippen molar-refractivity contribution < 1.29 is 40.6 Å². The van der Waals surface area contributed by atoms with E-state index in [-0.39, 0.29) is 60.7 Å². The van der Waals surface area contributed by atoms with Gasteiger partial charge < -0.3 is 15.3 Å². The largest absolute Gasteiger partial charge is 0.395 e. The Morgan fingerprint density at radius 3 is 1.26 bits per heavy atom. The lowest BCUT2D eigenvalue weighted by atomic mass is 10.2. The molecule has 0 bridgehead atoms. The first-order chi connectivity index (χ1) is 21.8. The number of aryl methyl sites for hydroxylation is 1. The van der Waals surface area contributed by atoms with E-state index in [1.54, 1.807) is 36.4 Å². The summed E-state index contributed by atoms with van der Waals surface area (Å²) >= 11 is 3.28. The molecule has 0 aliphatic heterocycles. The van der Waals surface area contributed by atoms with Gasteiger partial charge in [0.25, 0.3) is 0 Å². The minimum atomic E-state index is -3.57. The van der Waals surface area contributed by atoms with Gasteiger partial charge in [-0.2, -0.15) is 0 Å². The number of halogens is 1. The first-order valence-corrected chi connectivity index (χ1v) is 19.0. The molecule has 19 heteroatoms. The lowest BCUT2D eigenvalue weighted by Crippen LogP contribution is -2.26. The van der Waals surface area contributed by atoms with E-state index in [0.29, 0.717) is 5.33 Å². The maximum atomic E-state index is 11.6. The third kappa shape index (κ3) is 15.1. The third-order valence-electron chi connectivity index (χ3n) is 5.48. The van der Waals surface area contributed by atoms with E-state index < -0.39 is 30.1 Å². The maximum Gasteiger partial charge on any atom is 0.240 e. The zero-order valence-electron chi connectivity index (χ0n) is 24.8. The third-order valence-corrected chi connectivity index (χ3v) is 10.6. The molecule has 0 radical (unpaired) electrons. The van der Waals surface area contributed by atoms with Crippen LogP contribution in [0.3, 0.4) is 0 Å². The number of hydrogen-bond acceptors (Lipinski definition) is 10. The van der Waals surface area contributed by atoms with Gasteiger partial charge in [0.15, 0.2) is 0 Å². The second-order valence-corrected chi connectivity index (χ2v) is 14.8.